The topological polar surface area (TPSA) is 139 Å². The number of pyridine rings is 1. The van der Waals surface area contributed by atoms with E-state index in [0.717, 1.165) is 11.1 Å². The second-order valence-corrected chi connectivity index (χ2v) is 8.28. The highest BCUT2D eigenvalue weighted by Crippen LogP contribution is 2.21. The highest BCUT2D eigenvalue weighted by molar-refractivity contribution is 5.94. The largest absolute Gasteiger partial charge is 0.395 e. The van der Waals surface area contributed by atoms with Crippen LogP contribution in [0.4, 0.5) is 11.5 Å². The number of aromatic nitrogens is 3. The standard InChI is InChI=1S/C25H28N6O5/c1-30-25(35)21(28-22-6-5-19(16-27-22)24(34)31-8-11-36-12-9-31)15-20(29-30)18-4-2-3-17(13-18)14-23(33)26-7-10-32/h2-6,13,15-16,32H,7-12,14H2,1H3,(H,26,33)(H,27,28). The second kappa shape index (κ2) is 11.6. The fourth-order valence-corrected chi connectivity index (χ4v) is 3.80. The maximum absolute atomic E-state index is 12.7. The summed E-state index contributed by atoms with van der Waals surface area (Å²) in [7, 11) is 1.56. The molecule has 1 aliphatic heterocycles. The van der Waals surface area contributed by atoms with Gasteiger partial charge in [-0.05, 0) is 29.8 Å². The summed E-state index contributed by atoms with van der Waals surface area (Å²) in [6.07, 6.45) is 1.64. The van der Waals surface area contributed by atoms with Gasteiger partial charge < -0.3 is 25.4 Å². The van der Waals surface area contributed by atoms with Crippen LogP contribution in [-0.2, 0) is 23.0 Å². The van der Waals surface area contributed by atoms with E-state index in [0.29, 0.717) is 43.4 Å². The van der Waals surface area contributed by atoms with Gasteiger partial charge in [0.05, 0.1) is 37.5 Å². The highest BCUT2D eigenvalue weighted by atomic mass is 16.5. The number of nitrogens with zero attached hydrogens (tertiary/aromatic N) is 4. The minimum atomic E-state index is -0.339. The Labute approximate surface area is 207 Å². The number of carbonyl (C=O) groups excluding carboxylic acids is 2. The van der Waals surface area contributed by atoms with E-state index in [-0.39, 0.29) is 42.6 Å². The molecule has 0 unspecified atom stereocenters. The summed E-state index contributed by atoms with van der Waals surface area (Å²) in [5.41, 5.74) is 2.44. The van der Waals surface area contributed by atoms with Gasteiger partial charge in [-0.25, -0.2) is 9.67 Å². The number of benzene rings is 1. The van der Waals surface area contributed by atoms with Gasteiger partial charge in [0.25, 0.3) is 11.5 Å². The lowest BCUT2D eigenvalue weighted by Gasteiger charge is -2.26. The number of carbonyl (C=O) groups is 2. The molecule has 2 aromatic heterocycles. The molecule has 1 aromatic carbocycles. The first-order valence-corrected chi connectivity index (χ1v) is 11.6. The predicted molar refractivity (Wildman–Crippen MR) is 133 cm³/mol. The van der Waals surface area contributed by atoms with Crippen LogP contribution < -0.4 is 16.2 Å². The number of aliphatic hydroxyl groups excluding tert-OH is 1. The fraction of sp³-hybridized carbons (Fsp3) is 0.320. The summed E-state index contributed by atoms with van der Waals surface area (Å²) >= 11 is 0. The first kappa shape index (κ1) is 25.0. The number of ether oxygens (including phenoxy) is 1. The lowest BCUT2D eigenvalue weighted by Crippen LogP contribution is -2.40. The Morgan fingerprint density at radius 2 is 1.94 bits per heavy atom. The average molecular weight is 493 g/mol. The zero-order valence-electron chi connectivity index (χ0n) is 19.9. The Morgan fingerprint density at radius 1 is 1.14 bits per heavy atom. The van der Waals surface area contributed by atoms with Crippen LogP contribution in [0.3, 0.4) is 0 Å². The number of hydrogen-bond donors (Lipinski definition) is 3. The normalized spacial score (nSPS) is 13.3. The molecule has 0 atom stereocenters. The van der Waals surface area contributed by atoms with Crippen LogP contribution in [0, 0.1) is 0 Å². The molecule has 0 aliphatic carbocycles. The van der Waals surface area contributed by atoms with Crippen molar-refractivity contribution in [3.63, 3.8) is 0 Å². The molecule has 11 heteroatoms. The van der Waals surface area contributed by atoms with Gasteiger partial charge in [-0.1, -0.05) is 18.2 Å². The van der Waals surface area contributed by atoms with Crippen molar-refractivity contribution < 1.29 is 19.4 Å². The Morgan fingerprint density at radius 3 is 2.67 bits per heavy atom. The van der Waals surface area contributed by atoms with Crippen LogP contribution in [0.5, 0.6) is 0 Å². The third-order valence-corrected chi connectivity index (χ3v) is 5.66. The minimum Gasteiger partial charge on any atom is -0.395 e. The summed E-state index contributed by atoms with van der Waals surface area (Å²) in [5, 5.41) is 18.9. The third-order valence-electron chi connectivity index (χ3n) is 5.66. The zero-order valence-corrected chi connectivity index (χ0v) is 19.9. The molecule has 11 nitrogen and oxygen atoms in total. The Balaban J connectivity index is 1.51. The minimum absolute atomic E-state index is 0.107. The summed E-state index contributed by atoms with van der Waals surface area (Å²) in [6.45, 7) is 2.21. The number of amides is 2. The Bertz CT molecular complexity index is 1280. The molecule has 1 fully saturated rings. The molecule has 2 amide bonds. The molecule has 0 saturated carbocycles. The second-order valence-electron chi connectivity index (χ2n) is 8.28. The molecular formula is C25H28N6O5. The van der Waals surface area contributed by atoms with Crippen LogP contribution in [-0.4, -0.2) is 76.0 Å². The average Bonchev–Trinajstić information content (AvgIpc) is 2.90. The number of anilines is 2. The predicted octanol–water partition coefficient (Wildman–Crippen LogP) is 0.709. The van der Waals surface area contributed by atoms with Gasteiger partial charge in [-0.2, -0.15) is 5.10 Å². The molecule has 3 N–H and O–H groups in total. The molecule has 4 rings (SSSR count). The first-order valence-electron chi connectivity index (χ1n) is 11.6. The van der Waals surface area contributed by atoms with Gasteiger partial charge in [-0.15, -0.1) is 0 Å². The van der Waals surface area contributed by atoms with Crippen LogP contribution in [0.15, 0.2) is 53.5 Å². The van der Waals surface area contributed by atoms with Crippen molar-refractivity contribution in [1.29, 1.82) is 0 Å². The molecule has 36 heavy (non-hydrogen) atoms. The highest BCUT2D eigenvalue weighted by Gasteiger charge is 2.19. The van der Waals surface area contributed by atoms with Crippen molar-refractivity contribution in [2.75, 3.05) is 44.8 Å². The van der Waals surface area contributed by atoms with Gasteiger partial charge >= 0.3 is 0 Å². The summed E-state index contributed by atoms with van der Waals surface area (Å²) < 4.78 is 6.52. The van der Waals surface area contributed by atoms with E-state index in [9.17, 15) is 14.4 Å². The monoisotopic (exact) mass is 492 g/mol. The summed E-state index contributed by atoms with van der Waals surface area (Å²) in [6, 6.07) is 12.3. The smallest absolute Gasteiger partial charge is 0.290 e. The molecule has 1 saturated heterocycles. The number of morpholine rings is 1. The van der Waals surface area contributed by atoms with Gasteiger partial charge in [0.2, 0.25) is 5.91 Å². The SMILES string of the molecule is Cn1nc(-c2cccc(CC(=O)NCCO)c2)cc(Nc2ccc(C(=O)N3CCOCC3)cn2)c1=O. The maximum atomic E-state index is 12.7. The third kappa shape index (κ3) is 6.12. The molecule has 0 radical (unpaired) electrons. The van der Waals surface area contributed by atoms with Gasteiger partial charge in [0.15, 0.2) is 0 Å². The van der Waals surface area contributed by atoms with Crippen molar-refractivity contribution >= 4 is 23.3 Å². The van der Waals surface area contributed by atoms with Gasteiger partial charge in [0.1, 0.15) is 11.5 Å². The maximum Gasteiger partial charge on any atom is 0.290 e. The van der Waals surface area contributed by atoms with E-state index >= 15 is 0 Å². The lowest BCUT2D eigenvalue weighted by molar-refractivity contribution is -0.120. The first-order chi connectivity index (χ1) is 17.4. The molecule has 0 spiro atoms. The number of aliphatic hydroxyl groups is 1. The van der Waals surface area contributed by atoms with E-state index < -0.39 is 0 Å². The summed E-state index contributed by atoms with van der Waals surface area (Å²) in [4.78, 5) is 43.4. The lowest BCUT2D eigenvalue weighted by atomic mass is 10.1. The quantitative estimate of drug-likeness (QED) is 0.418. The van der Waals surface area contributed by atoms with Crippen LogP contribution in [0.2, 0.25) is 0 Å². The number of aryl methyl sites for hydroxylation is 1. The van der Waals surface area contributed by atoms with Crippen molar-refractivity contribution in [3.05, 3.63) is 70.1 Å². The Kier molecular flexibility index (Phi) is 8.03. The fourth-order valence-electron chi connectivity index (χ4n) is 3.80. The van der Waals surface area contributed by atoms with Crippen LogP contribution in [0.1, 0.15) is 15.9 Å². The number of nitrogens with one attached hydrogen (secondary N) is 2. The molecule has 188 valence electrons. The van der Waals surface area contributed by atoms with Crippen LogP contribution >= 0.6 is 0 Å². The molecular weight excluding hydrogens is 464 g/mol. The van der Waals surface area contributed by atoms with E-state index in [1.165, 1.54) is 10.9 Å². The van der Waals surface area contributed by atoms with E-state index in [1.807, 2.05) is 24.3 Å². The van der Waals surface area contributed by atoms with E-state index in [2.05, 4.69) is 20.7 Å². The van der Waals surface area contributed by atoms with Gasteiger partial charge in [0, 0.05) is 38.4 Å². The molecule has 3 heterocycles. The molecule has 0 bridgehead atoms. The molecule has 1 aliphatic rings. The number of hydrogen-bond acceptors (Lipinski definition) is 8. The van der Waals surface area contributed by atoms with Crippen molar-refractivity contribution in [2.24, 2.45) is 7.05 Å². The van der Waals surface area contributed by atoms with E-state index in [4.69, 9.17) is 9.84 Å². The van der Waals surface area contributed by atoms with Crippen LogP contribution in [0.25, 0.3) is 11.3 Å². The summed E-state index contributed by atoms with van der Waals surface area (Å²) in [5.74, 6) is 0.111. The zero-order chi connectivity index (χ0) is 25.5. The Hall–Kier alpha value is -4.09. The van der Waals surface area contributed by atoms with Crippen molar-refractivity contribution in [2.45, 2.75) is 6.42 Å². The van der Waals surface area contributed by atoms with E-state index in [1.54, 1.807) is 30.1 Å². The molecule has 3 aromatic rings. The van der Waals surface area contributed by atoms with Gasteiger partial charge in [-0.3, -0.25) is 14.4 Å². The van der Waals surface area contributed by atoms with Crippen molar-refractivity contribution in [1.82, 2.24) is 25.0 Å². The number of rotatable bonds is 8. The van der Waals surface area contributed by atoms with Crippen molar-refractivity contribution in [3.8, 4) is 11.3 Å².